The SMILES string of the molecule is CCOc1cc(C=O)ccc1OCCc1nccn1C. The van der Waals surface area contributed by atoms with Crippen LogP contribution in [0.2, 0.25) is 0 Å². The third-order valence-corrected chi connectivity index (χ3v) is 2.91. The van der Waals surface area contributed by atoms with Gasteiger partial charge >= 0.3 is 0 Å². The molecule has 1 aromatic carbocycles. The van der Waals surface area contributed by atoms with Crippen LogP contribution in [0.1, 0.15) is 23.1 Å². The molecule has 0 amide bonds. The van der Waals surface area contributed by atoms with Crippen LogP contribution in [0, 0.1) is 0 Å². The van der Waals surface area contributed by atoms with Crippen LogP contribution < -0.4 is 9.47 Å². The van der Waals surface area contributed by atoms with Gasteiger partial charge in [-0.2, -0.15) is 0 Å². The molecule has 0 aliphatic carbocycles. The number of carbonyl (C=O) groups excluding carboxylic acids is 1. The normalized spacial score (nSPS) is 10.3. The lowest BCUT2D eigenvalue weighted by atomic mass is 10.2. The van der Waals surface area contributed by atoms with Crippen LogP contribution in [0.25, 0.3) is 0 Å². The molecule has 0 aliphatic rings. The van der Waals surface area contributed by atoms with Crippen LogP contribution in [0.3, 0.4) is 0 Å². The summed E-state index contributed by atoms with van der Waals surface area (Å²) in [7, 11) is 1.95. The zero-order valence-corrected chi connectivity index (χ0v) is 11.7. The van der Waals surface area contributed by atoms with Crippen LogP contribution in [-0.4, -0.2) is 29.1 Å². The summed E-state index contributed by atoms with van der Waals surface area (Å²) in [5, 5.41) is 0. The molecule has 1 heterocycles. The Morgan fingerprint density at radius 2 is 2.15 bits per heavy atom. The molecule has 0 N–H and O–H groups in total. The second-order valence-electron chi connectivity index (χ2n) is 4.31. The van der Waals surface area contributed by atoms with E-state index in [0.717, 1.165) is 12.1 Å². The first kappa shape index (κ1) is 14.1. The Hall–Kier alpha value is -2.30. The topological polar surface area (TPSA) is 53.4 Å². The van der Waals surface area contributed by atoms with Crippen LogP contribution >= 0.6 is 0 Å². The van der Waals surface area contributed by atoms with E-state index in [2.05, 4.69) is 4.98 Å². The molecule has 2 rings (SSSR count). The first-order valence-corrected chi connectivity index (χ1v) is 6.55. The van der Waals surface area contributed by atoms with Gasteiger partial charge in [0.15, 0.2) is 11.5 Å². The van der Waals surface area contributed by atoms with Gasteiger partial charge in [0.25, 0.3) is 0 Å². The third-order valence-electron chi connectivity index (χ3n) is 2.91. The minimum atomic E-state index is 0.505. The molecule has 0 atom stereocenters. The van der Waals surface area contributed by atoms with Gasteiger partial charge in [0, 0.05) is 31.4 Å². The quantitative estimate of drug-likeness (QED) is 0.727. The molecule has 0 radical (unpaired) electrons. The maximum absolute atomic E-state index is 10.8. The minimum absolute atomic E-state index is 0.505. The summed E-state index contributed by atoms with van der Waals surface area (Å²) >= 11 is 0. The predicted octanol–water partition coefficient (Wildman–Crippen LogP) is 2.25. The highest BCUT2D eigenvalue weighted by Crippen LogP contribution is 2.28. The fourth-order valence-corrected chi connectivity index (χ4v) is 1.88. The van der Waals surface area contributed by atoms with E-state index in [4.69, 9.17) is 9.47 Å². The van der Waals surface area contributed by atoms with E-state index in [-0.39, 0.29) is 0 Å². The lowest BCUT2D eigenvalue weighted by molar-refractivity contribution is 0.112. The van der Waals surface area contributed by atoms with Gasteiger partial charge in [-0.15, -0.1) is 0 Å². The van der Waals surface area contributed by atoms with Crippen molar-refractivity contribution in [1.82, 2.24) is 9.55 Å². The molecule has 1 aromatic heterocycles. The number of nitrogens with zero attached hydrogens (tertiary/aromatic N) is 2. The summed E-state index contributed by atoms with van der Waals surface area (Å²) in [6.07, 6.45) is 5.17. The lowest BCUT2D eigenvalue weighted by Gasteiger charge is -2.12. The summed E-state index contributed by atoms with van der Waals surface area (Å²) in [4.78, 5) is 15.0. The molecule has 20 heavy (non-hydrogen) atoms. The maximum atomic E-state index is 10.8. The largest absolute Gasteiger partial charge is 0.490 e. The summed E-state index contributed by atoms with van der Waals surface area (Å²) in [6.45, 7) is 2.93. The predicted molar refractivity (Wildman–Crippen MR) is 75.4 cm³/mol. The summed E-state index contributed by atoms with van der Waals surface area (Å²) in [5.74, 6) is 2.20. The van der Waals surface area contributed by atoms with Crippen LogP contribution in [-0.2, 0) is 13.5 Å². The van der Waals surface area contributed by atoms with E-state index in [1.54, 1.807) is 24.4 Å². The van der Waals surface area contributed by atoms with Crippen LogP contribution in [0.5, 0.6) is 11.5 Å². The number of rotatable bonds is 7. The summed E-state index contributed by atoms with van der Waals surface area (Å²) < 4.78 is 13.2. The van der Waals surface area contributed by atoms with E-state index < -0.39 is 0 Å². The van der Waals surface area contributed by atoms with Gasteiger partial charge in [0.05, 0.1) is 13.2 Å². The van der Waals surface area contributed by atoms with Gasteiger partial charge in [-0.05, 0) is 25.1 Å². The molecule has 0 aliphatic heterocycles. The number of benzene rings is 1. The highest BCUT2D eigenvalue weighted by Gasteiger charge is 2.07. The molecule has 0 saturated heterocycles. The molecular formula is C15H18N2O3. The first-order valence-electron chi connectivity index (χ1n) is 6.55. The van der Waals surface area contributed by atoms with E-state index >= 15 is 0 Å². The number of aromatic nitrogens is 2. The van der Waals surface area contributed by atoms with E-state index in [1.165, 1.54) is 0 Å². The molecule has 5 heteroatoms. The van der Waals surface area contributed by atoms with Crippen molar-refractivity contribution in [2.24, 2.45) is 7.05 Å². The Kier molecular flexibility index (Phi) is 4.76. The first-order chi connectivity index (χ1) is 9.74. The highest BCUT2D eigenvalue weighted by atomic mass is 16.5. The monoisotopic (exact) mass is 274 g/mol. The molecule has 0 spiro atoms. The number of hydrogen-bond donors (Lipinski definition) is 0. The Labute approximate surface area is 118 Å². The molecule has 0 bridgehead atoms. The van der Waals surface area contributed by atoms with Gasteiger partial charge in [-0.3, -0.25) is 4.79 Å². The van der Waals surface area contributed by atoms with Gasteiger partial charge < -0.3 is 14.0 Å². The van der Waals surface area contributed by atoms with Crippen LogP contribution in [0.15, 0.2) is 30.6 Å². The second-order valence-corrected chi connectivity index (χ2v) is 4.31. The average Bonchev–Trinajstić information content (AvgIpc) is 2.86. The van der Waals surface area contributed by atoms with Gasteiger partial charge in [-0.1, -0.05) is 0 Å². The number of imidazole rings is 1. The maximum Gasteiger partial charge on any atom is 0.161 e. The van der Waals surface area contributed by atoms with Crippen molar-refractivity contribution in [1.29, 1.82) is 0 Å². The Bertz CT molecular complexity index is 578. The number of aryl methyl sites for hydroxylation is 1. The fourth-order valence-electron chi connectivity index (χ4n) is 1.88. The Balaban J connectivity index is 2.01. The molecule has 0 saturated carbocycles. The van der Waals surface area contributed by atoms with Crippen molar-refractivity contribution in [3.8, 4) is 11.5 Å². The van der Waals surface area contributed by atoms with Crippen molar-refractivity contribution in [3.63, 3.8) is 0 Å². The standard InChI is InChI=1S/C15H18N2O3/c1-3-19-14-10-12(11-18)4-5-13(14)20-9-6-15-16-7-8-17(15)2/h4-5,7-8,10-11H,3,6,9H2,1-2H3. The van der Waals surface area contributed by atoms with Gasteiger partial charge in [0.2, 0.25) is 0 Å². The fraction of sp³-hybridized carbons (Fsp3) is 0.333. The molecular weight excluding hydrogens is 256 g/mol. The number of hydrogen-bond acceptors (Lipinski definition) is 4. The zero-order chi connectivity index (χ0) is 14.4. The molecule has 0 unspecified atom stereocenters. The number of carbonyl (C=O) groups is 1. The lowest BCUT2D eigenvalue weighted by Crippen LogP contribution is -2.07. The van der Waals surface area contributed by atoms with Crippen LogP contribution in [0.4, 0.5) is 0 Å². The van der Waals surface area contributed by atoms with E-state index in [0.29, 0.717) is 36.7 Å². The van der Waals surface area contributed by atoms with E-state index in [9.17, 15) is 4.79 Å². The number of aldehydes is 1. The van der Waals surface area contributed by atoms with Gasteiger partial charge in [-0.25, -0.2) is 4.98 Å². The Morgan fingerprint density at radius 1 is 1.30 bits per heavy atom. The second kappa shape index (κ2) is 6.75. The van der Waals surface area contributed by atoms with Crippen molar-refractivity contribution >= 4 is 6.29 Å². The molecule has 5 nitrogen and oxygen atoms in total. The third kappa shape index (κ3) is 3.38. The smallest absolute Gasteiger partial charge is 0.161 e. The highest BCUT2D eigenvalue weighted by molar-refractivity contribution is 5.76. The minimum Gasteiger partial charge on any atom is -0.490 e. The molecule has 106 valence electrons. The van der Waals surface area contributed by atoms with Crippen molar-refractivity contribution in [3.05, 3.63) is 42.0 Å². The van der Waals surface area contributed by atoms with E-state index in [1.807, 2.05) is 24.7 Å². The van der Waals surface area contributed by atoms with Crippen molar-refractivity contribution in [2.45, 2.75) is 13.3 Å². The van der Waals surface area contributed by atoms with Crippen molar-refractivity contribution < 1.29 is 14.3 Å². The van der Waals surface area contributed by atoms with Gasteiger partial charge in [0.1, 0.15) is 12.1 Å². The molecule has 0 fully saturated rings. The van der Waals surface area contributed by atoms with Crippen molar-refractivity contribution in [2.75, 3.05) is 13.2 Å². The summed E-state index contributed by atoms with van der Waals surface area (Å²) in [5.41, 5.74) is 0.574. The number of ether oxygens (including phenoxy) is 2. The molecule has 2 aromatic rings. The summed E-state index contributed by atoms with van der Waals surface area (Å²) in [6, 6.07) is 5.16. The average molecular weight is 274 g/mol. The Morgan fingerprint density at radius 3 is 2.80 bits per heavy atom. The zero-order valence-electron chi connectivity index (χ0n) is 11.7.